The standard InChI is InChI=1S/C29H29F3GeN.C5H8O2.Ir/c1-28(2,3)25-16-21(15-19-9-7-8-10-23(19)25)27-17-20(13-14-34-27)24-12-11-22(33(4,5)6)18-26(24)29(30,31)32;1-4(6)3-5(2)7;/h7-14,16-18H,1-6H3;3,6H,1-2H3;/q-1;;/b;4-3-;. The van der Waals surface area contributed by atoms with Crippen LogP contribution in [-0.2, 0) is 36.5 Å². The van der Waals surface area contributed by atoms with E-state index in [0.717, 1.165) is 26.3 Å². The molecule has 3 aromatic carbocycles. The predicted molar refractivity (Wildman–Crippen MR) is 165 cm³/mol. The molecule has 0 spiro atoms. The maximum Gasteiger partial charge on any atom is 0 e. The zero-order valence-corrected chi connectivity index (χ0v) is 29.7. The summed E-state index contributed by atoms with van der Waals surface area (Å²) in [5.41, 5.74) is 2.53. The minimum absolute atomic E-state index is 0. The molecule has 4 aromatic rings. The van der Waals surface area contributed by atoms with E-state index in [4.69, 9.17) is 5.11 Å². The minimum atomic E-state index is -4.43. The van der Waals surface area contributed by atoms with Gasteiger partial charge in [0.1, 0.15) is 0 Å². The first kappa shape index (κ1) is 35.5. The van der Waals surface area contributed by atoms with Gasteiger partial charge in [0.25, 0.3) is 0 Å². The van der Waals surface area contributed by atoms with Crippen molar-refractivity contribution in [1.82, 2.24) is 4.98 Å². The number of ketones is 1. The number of aliphatic hydroxyl groups is 1. The third-order valence-corrected chi connectivity index (χ3v) is 10.8. The molecule has 1 heterocycles. The average molecular weight is 813 g/mol. The Morgan fingerprint density at radius 3 is 2.10 bits per heavy atom. The van der Waals surface area contributed by atoms with Crippen LogP contribution in [0.2, 0.25) is 17.3 Å². The molecule has 0 saturated heterocycles. The molecule has 0 aliphatic carbocycles. The van der Waals surface area contributed by atoms with Crippen molar-refractivity contribution >= 4 is 34.2 Å². The van der Waals surface area contributed by atoms with Gasteiger partial charge in [-0.05, 0) is 13.8 Å². The molecule has 3 nitrogen and oxygen atoms in total. The van der Waals surface area contributed by atoms with Crippen LogP contribution in [-0.4, -0.2) is 29.1 Å². The number of nitrogens with zero attached hydrogens (tertiary/aromatic N) is 1. The number of aliphatic hydroxyl groups excluding tert-OH is 1. The van der Waals surface area contributed by atoms with Crippen molar-refractivity contribution < 1.29 is 43.2 Å². The summed E-state index contributed by atoms with van der Waals surface area (Å²) >= 11 is -2.43. The number of carbonyl (C=O) groups excluding carboxylic acids is 1. The number of aromatic nitrogens is 1. The van der Waals surface area contributed by atoms with Gasteiger partial charge in [0.15, 0.2) is 5.78 Å². The molecule has 0 fully saturated rings. The molecule has 0 amide bonds. The molecule has 4 rings (SSSR count). The molecule has 0 saturated carbocycles. The summed E-state index contributed by atoms with van der Waals surface area (Å²) < 4.78 is 43.1. The van der Waals surface area contributed by atoms with Gasteiger partial charge in [-0.25, -0.2) is 0 Å². The Bertz CT molecular complexity index is 1600. The van der Waals surface area contributed by atoms with E-state index in [1.54, 1.807) is 24.4 Å². The van der Waals surface area contributed by atoms with Gasteiger partial charge in [-0.3, -0.25) is 4.79 Å². The molecular formula is C34H37F3GeIrNO2-. The van der Waals surface area contributed by atoms with Crippen LogP contribution in [0.25, 0.3) is 33.2 Å². The van der Waals surface area contributed by atoms with Crippen LogP contribution in [0.3, 0.4) is 0 Å². The van der Waals surface area contributed by atoms with E-state index < -0.39 is 25.0 Å². The summed E-state index contributed by atoms with van der Waals surface area (Å²) in [7, 11) is 0. The molecular weight excluding hydrogens is 776 g/mol. The van der Waals surface area contributed by atoms with Crippen LogP contribution in [0.5, 0.6) is 0 Å². The molecule has 0 aliphatic heterocycles. The van der Waals surface area contributed by atoms with Crippen LogP contribution in [0.15, 0.2) is 78.7 Å². The molecule has 42 heavy (non-hydrogen) atoms. The van der Waals surface area contributed by atoms with E-state index in [-0.39, 0.29) is 42.6 Å². The third kappa shape index (κ3) is 9.13. The number of carbonyl (C=O) groups is 1. The summed E-state index contributed by atoms with van der Waals surface area (Å²) in [4.78, 5) is 14.5. The van der Waals surface area contributed by atoms with Gasteiger partial charge in [-0.15, -0.1) is 0 Å². The van der Waals surface area contributed by atoms with Gasteiger partial charge >= 0.3 is 197 Å². The molecule has 0 aliphatic rings. The molecule has 225 valence electrons. The van der Waals surface area contributed by atoms with Crippen molar-refractivity contribution in [2.45, 2.75) is 63.5 Å². The normalized spacial score (nSPS) is 12.3. The van der Waals surface area contributed by atoms with E-state index in [2.05, 4.69) is 61.2 Å². The van der Waals surface area contributed by atoms with Crippen molar-refractivity contribution in [3.63, 3.8) is 0 Å². The van der Waals surface area contributed by atoms with Gasteiger partial charge in [-0.1, -0.05) is 6.07 Å². The monoisotopic (exact) mass is 815 g/mol. The summed E-state index contributed by atoms with van der Waals surface area (Å²) in [6, 6.07) is 21.8. The Kier molecular flexibility index (Phi) is 11.6. The molecule has 1 radical (unpaired) electrons. The van der Waals surface area contributed by atoms with Gasteiger partial charge < -0.3 is 5.11 Å². The van der Waals surface area contributed by atoms with E-state index >= 15 is 0 Å². The maximum absolute atomic E-state index is 14.1. The van der Waals surface area contributed by atoms with Crippen LogP contribution in [0.4, 0.5) is 13.2 Å². The largest absolute Gasteiger partial charge is 0 e. The molecule has 0 unspecified atom stereocenters. The number of pyridine rings is 1. The predicted octanol–water partition coefficient (Wildman–Crippen LogP) is 9.27. The Morgan fingerprint density at radius 1 is 0.929 bits per heavy atom. The van der Waals surface area contributed by atoms with Crippen LogP contribution in [0.1, 0.15) is 45.7 Å². The number of rotatable bonds is 4. The number of hydrogen-bond donors (Lipinski definition) is 1. The topological polar surface area (TPSA) is 50.2 Å². The average Bonchev–Trinajstić information content (AvgIpc) is 2.85. The SMILES string of the molecule is CC(=O)/C=C(/C)O.CC(C)(C)c1cc(-c2cc(-c3cc[c]([Ge]([CH3])([CH3])[CH3])cc3C(F)(F)F)ccn2)[c-]c2ccccc12.[Ir]. The van der Waals surface area contributed by atoms with Crippen LogP contribution in [0, 0.1) is 6.07 Å². The second kappa shape index (κ2) is 13.7. The summed E-state index contributed by atoms with van der Waals surface area (Å²) in [5.74, 6) is 6.24. The minimum Gasteiger partial charge on any atom is 0 e. The van der Waals surface area contributed by atoms with Gasteiger partial charge in [0.2, 0.25) is 0 Å². The van der Waals surface area contributed by atoms with Crippen molar-refractivity contribution in [1.29, 1.82) is 0 Å². The Morgan fingerprint density at radius 2 is 1.57 bits per heavy atom. The number of benzene rings is 3. The molecule has 0 bridgehead atoms. The first-order chi connectivity index (χ1) is 18.9. The number of alkyl halides is 3. The smallest absolute Gasteiger partial charge is 0 e. The fraction of sp³-hybridized carbons (Fsp3) is 0.294. The molecule has 1 N–H and O–H groups in total. The maximum atomic E-state index is 14.1. The number of fused-ring (bicyclic) bond motifs is 1. The zero-order valence-electron chi connectivity index (χ0n) is 25.2. The van der Waals surface area contributed by atoms with Crippen molar-refractivity contribution in [3.8, 4) is 22.4 Å². The summed E-state index contributed by atoms with van der Waals surface area (Å²) in [6.07, 6.45) is -1.68. The van der Waals surface area contributed by atoms with E-state index in [9.17, 15) is 18.0 Å². The third-order valence-electron chi connectivity index (χ3n) is 6.53. The molecule has 0 atom stereocenters. The van der Waals surface area contributed by atoms with E-state index in [0.29, 0.717) is 11.3 Å². The first-order valence-electron chi connectivity index (χ1n) is 13.4. The van der Waals surface area contributed by atoms with Crippen LogP contribution >= 0.6 is 0 Å². The Labute approximate surface area is 263 Å². The van der Waals surface area contributed by atoms with E-state index in [1.165, 1.54) is 26.0 Å². The van der Waals surface area contributed by atoms with Crippen LogP contribution < -0.4 is 4.40 Å². The Balaban J connectivity index is 0.000000687. The number of halogens is 3. The quantitative estimate of drug-likeness (QED) is 0.0969. The summed E-state index contributed by atoms with van der Waals surface area (Å²) in [5, 5.41) is 10.5. The van der Waals surface area contributed by atoms with Crippen molar-refractivity contribution in [2.24, 2.45) is 0 Å². The second-order valence-corrected chi connectivity index (χ2v) is 22.9. The number of hydrogen-bond acceptors (Lipinski definition) is 3. The van der Waals surface area contributed by atoms with Crippen molar-refractivity contribution in [2.75, 3.05) is 0 Å². The first-order valence-corrected chi connectivity index (χ1v) is 20.7. The zero-order chi connectivity index (χ0) is 30.8. The Hall–Kier alpha value is -2.74. The second-order valence-electron chi connectivity index (χ2n) is 12.2. The van der Waals surface area contributed by atoms with Gasteiger partial charge in [0.05, 0.1) is 5.76 Å². The summed E-state index contributed by atoms with van der Waals surface area (Å²) in [6.45, 7) is 9.30. The van der Waals surface area contributed by atoms with Gasteiger partial charge in [0, 0.05) is 26.2 Å². The number of allylic oxidation sites excluding steroid dienone is 2. The van der Waals surface area contributed by atoms with E-state index in [1.807, 2.05) is 24.3 Å². The molecule has 1 aromatic heterocycles. The van der Waals surface area contributed by atoms with Gasteiger partial charge in [-0.2, -0.15) is 0 Å². The van der Waals surface area contributed by atoms with Crippen molar-refractivity contribution in [3.05, 3.63) is 95.9 Å². The molecule has 8 heteroatoms. The fourth-order valence-electron chi connectivity index (χ4n) is 4.53. The fourth-order valence-corrected chi connectivity index (χ4v) is 6.96.